The summed E-state index contributed by atoms with van der Waals surface area (Å²) in [6.45, 7) is 1.32. The molecule has 1 rings (SSSR count). The van der Waals surface area contributed by atoms with Crippen LogP contribution in [0, 0.1) is 0 Å². The van der Waals surface area contributed by atoms with Gasteiger partial charge in [0.2, 0.25) is 0 Å². The second-order valence-electron chi connectivity index (χ2n) is 2.63. The van der Waals surface area contributed by atoms with Crippen LogP contribution in [-0.2, 0) is 11.3 Å². The normalized spacial score (nSPS) is 13.2. The Morgan fingerprint density at radius 3 is 3.15 bits per heavy atom. The number of hydrogen-bond donors (Lipinski definition) is 2. The van der Waals surface area contributed by atoms with Crippen LogP contribution in [-0.4, -0.2) is 40.1 Å². The molecule has 3 N–H and O–H groups in total. The summed E-state index contributed by atoms with van der Waals surface area (Å²) in [5, 5.41) is 16.9. The Balaban J connectivity index is 2.65. The number of aromatic nitrogens is 3. The Hall–Kier alpha value is -0.980. The summed E-state index contributed by atoms with van der Waals surface area (Å²) < 4.78 is 6.62. The average Bonchev–Trinajstić information content (AvgIpc) is 2.61. The zero-order valence-corrected chi connectivity index (χ0v) is 7.55. The van der Waals surface area contributed by atoms with E-state index in [0.29, 0.717) is 19.0 Å². The third-order valence-corrected chi connectivity index (χ3v) is 1.70. The van der Waals surface area contributed by atoms with E-state index in [0.717, 1.165) is 0 Å². The summed E-state index contributed by atoms with van der Waals surface area (Å²) in [5.74, 6) is 0.486. The van der Waals surface area contributed by atoms with Crippen molar-refractivity contribution < 1.29 is 9.84 Å². The maximum Gasteiger partial charge on any atom is 0.163 e. The van der Waals surface area contributed by atoms with E-state index in [9.17, 15) is 5.11 Å². The van der Waals surface area contributed by atoms with Crippen LogP contribution in [0.15, 0.2) is 6.33 Å². The predicted molar refractivity (Wildman–Crippen MR) is 45.9 cm³/mol. The fourth-order valence-electron chi connectivity index (χ4n) is 0.989. The maximum absolute atomic E-state index is 9.41. The van der Waals surface area contributed by atoms with Gasteiger partial charge in [0.25, 0.3) is 0 Å². The molecule has 0 aromatic carbocycles. The quantitative estimate of drug-likeness (QED) is 0.610. The van der Waals surface area contributed by atoms with Gasteiger partial charge in [-0.2, -0.15) is 0 Å². The minimum absolute atomic E-state index is 0.145. The van der Waals surface area contributed by atoms with Gasteiger partial charge in [-0.05, 0) is 0 Å². The molecule has 6 nitrogen and oxygen atoms in total. The minimum Gasteiger partial charge on any atom is -0.384 e. The number of ether oxygens (including phenoxy) is 1. The Morgan fingerprint density at radius 2 is 2.54 bits per heavy atom. The molecular formula is C7H14N4O2. The number of rotatable bonds is 5. The van der Waals surface area contributed by atoms with Crippen LogP contribution in [0.3, 0.4) is 0 Å². The Labute approximate surface area is 76.3 Å². The smallest absolute Gasteiger partial charge is 0.163 e. The van der Waals surface area contributed by atoms with Crippen molar-refractivity contribution in [1.82, 2.24) is 14.8 Å². The molecule has 1 heterocycles. The van der Waals surface area contributed by atoms with E-state index >= 15 is 0 Å². The average molecular weight is 186 g/mol. The number of nitrogens with two attached hydrogens (primary N) is 1. The number of methoxy groups -OCH3 is 1. The van der Waals surface area contributed by atoms with E-state index in [2.05, 4.69) is 10.2 Å². The van der Waals surface area contributed by atoms with Crippen molar-refractivity contribution in [1.29, 1.82) is 0 Å². The lowest BCUT2D eigenvalue weighted by atomic mass is 10.3. The van der Waals surface area contributed by atoms with Crippen molar-refractivity contribution in [3.05, 3.63) is 12.2 Å². The van der Waals surface area contributed by atoms with Crippen LogP contribution < -0.4 is 5.73 Å². The standard InChI is InChI=1S/C7H14N4O2/c1-13-3-2-11-5-9-10-7(11)6(12)4-8/h5-6,12H,2-4,8H2,1H3. The molecule has 0 amide bonds. The second kappa shape index (κ2) is 4.90. The lowest BCUT2D eigenvalue weighted by molar-refractivity contribution is 0.158. The van der Waals surface area contributed by atoms with E-state index in [1.165, 1.54) is 0 Å². The summed E-state index contributed by atoms with van der Waals surface area (Å²) >= 11 is 0. The number of nitrogens with zero attached hydrogens (tertiary/aromatic N) is 3. The van der Waals surface area contributed by atoms with E-state index in [-0.39, 0.29) is 6.54 Å². The number of hydrogen-bond acceptors (Lipinski definition) is 5. The van der Waals surface area contributed by atoms with Crippen LogP contribution >= 0.6 is 0 Å². The molecule has 0 fully saturated rings. The first kappa shape index (κ1) is 10.1. The molecule has 0 aliphatic carbocycles. The summed E-state index contributed by atoms with van der Waals surface area (Å²) in [7, 11) is 1.61. The molecule has 1 aromatic heterocycles. The number of aliphatic hydroxyl groups is 1. The molecule has 6 heteroatoms. The molecule has 0 bridgehead atoms. The van der Waals surface area contributed by atoms with Gasteiger partial charge in [-0.15, -0.1) is 10.2 Å². The van der Waals surface area contributed by atoms with Crippen molar-refractivity contribution in [2.24, 2.45) is 5.73 Å². The van der Waals surface area contributed by atoms with Gasteiger partial charge in [0.05, 0.1) is 6.61 Å². The van der Waals surface area contributed by atoms with Gasteiger partial charge in [-0.25, -0.2) is 0 Å². The Morgan fingerprint density at radius 1 is 1.77 bits per heavy atom. The summed E-state index contributed by atoms with van der Waals surface area (Å²) in [6.07, 6.45) is 0.798. The molecule has 0 spiro atoms. The molecule has 1 aromatic rings. The van der Waals surface area contributed by atoms with Gasteiger partial charge in [-0.3, -0.25) is 0 Å². The molecule has 0 saturated carbocycles. The topological polar surface area (TPSA) is 86.2 Å². The summed E-state index contributed by atoms with van der Waals surface area (Å²) in [5.41, 5.74) is 5.30. The highest BCUT2D eigenvalue weighted by molar-refractivity contribution is 4.91. The minimum atomic E-state index is -0.751. The fourth-order valence-corrected chi connectivity index (χ4v) is 0.989. The van der Waals surface area contributed by atoms with Crippen molar-refractivity contribution in [3.8, 4) is 0 Å². The number of aliphatic hydroxyl groups excluding tert-OH is 1. The van der Waals surface area contributed by atoms with E-state index < -0.39 is 6.10 Å². The third kappa shape index (κ3) is 2.48. The molecule has 74 valence electrons. The highest BCUT2D eigenvalue weighted by Crippen LogP contribution is 2.06. The van der Waals surface area contributed by atoms with Crippen LogP contribution in [0.25, 0.3) is 0 Å². The fraction of sp³-hybridized carbons (Fsp3) is 0.714. The zero-order chi connectivity index (χ0) is 9.68. The van der Waals surface area contributed by atoms with Gasteiger partial charge < -0.3 is 20.1 Å². The van der Waals surface area contributed by atoms with Crippen LogP contribution in [0.4, 0.5) is 0 Å². The molecular weight excluding hydrogens is 172 g/mol. The second-order valence-corrected chi connectivity index (χ2v) is 2.63. The van der Waals surface area contributed by atoms with Crippen LogP contribution in [0.1, 0.15) is 11.9 Å². The van der Waals surface area contributed by atoms with E-state index in [1.54, 1.807) is 18.0 Å². The van der Waals surface area contributed by atoms with Crippen molar-refractivity contribution in [2.45, 2.75) is 12.6 Å². The summed E-state index contributed by atoms with van der Waals surface area (Å²) in [6, 6.07) is 0. The van der Waals surface area contributed by atoms with Crippen LogP contribution in [0.2, 0.25) is 0 Å². The first-order chi connectivity index (χ1) is 6.29. The van der Waals surface area contributed by atoms with Gasteiger partial charge in [0.15, 0.2) is 5.82 Å². The largest absolute Gasteiger partial charge is 0.384 e. The highest BCUT2D eigenvalue weighted by atomic mass is 16.5. The van der Waals surface area contributed by atoms with Crippen molar-refractivity contribution in [2.75, 3.05) is 20.3 Å². The van der Waals surface area contributed by atoms with Crippen LogP contribution in [0.5, 0.6) is 0 Å². The maximum atomic E-state index is 9.41. The monoisotopic (exact) mass is 186 g/mol. The van der Waals surface area contributed by atoms with Gasteiger partial charge in [0, 0.05) is 20.2 Å². The first-order valence-electron chi connectivity index (χ1n) is 4.04. The Kier molecular flexibility index (Phi) is 3.81. The molecule has 0 aliphatic heterocycles. The zero-order valence-electron chi connectivity index (χ0n) is 7.55. The molecule has 0 aliphatic rings. The lowest BCUT2D eigenvalue weighted by Gasteiger charge is -2.09. The van der Waals surface area contributed by atoms with Gasteiger partial charge in [-0.1, -0.05) is 0 Å². The molecule has 0 saturated heterocycles. The lowest BCUT2D eigenvalue weighted by Crippen LogP contribution is -2.18. The van der Waals surface area contributed by atoms with E-state index in [1.807, 2.05) is 0 Å². The van der Waals surface area contributed by atoms with Crippen molar-refractivity contribution >= 4 is 0 Å². The first-order valence-corrected chi connectivity index (χ1v) is 4.04. The SMILES string of the molecule is COCCn1cnnc1C(O)CN. The molecule has 1 atom stereocenters. The predicted octanol–water partition coefficient (Wildman–Crippen LogP) is -1.08. The Bertz CT molecular complexity index is 250. The molecule has 13 heavy (non-hydrogen) atoms. The van der Waals surface area contributed by atoms with E-state index in [4.69, 9.17) is 10.5 Å². The third-order valence-electron chi connectivity index (χ3n) is 1.70. The highest BCUT2D eigenvalue weighted by Gasteiger charge is 2.12. The van der Waals surface area contributed by atoms with Gasteiger partial charge >= 0.3 is 0 Å². The van der Waals surface area contributed by atoms with Crippen molar-refractivity contribution in [3.63, 3.8) is 0 Å². The molecule has 1 unspecified atom stereocenters. The van der Waals surface area contributed by atoms with Gasteiger partial charge in [0.1, 0.15) is 12.4 Å². The molecule has 0 radical (unpaired) electrons. The summed E-state index contributed by atoms with van der Waals surface area (Å²) in [4.78, 5) is 0.